The molecule has 5 rings (SSSR count). The van der Waals surface area contributed by atoms with E-state index >= 15 is 0 Å². The highest BCUT2D eigenvalue weighted by atomic mass is 32.2. The summed E-state index contributed by atoms with van der Waals surface area (Å²) < 4.78 is 33.0. The number of imide groups is 1. The zero-order valence-corrected chi connectivity index (χ0v) is 18.8. The number of rotatable bonds is 6. The topological polar surface area (TPSA) is 101 Å². The van der Waals surface area contributed by atoms with Gasteiger partial charge in [0.05, 0.1) is 16.0 Å². The Morgan fingerprint density at radius 2 is 1.66 bits per heavy atom. The summed E-state index contributed by atoms with van der Waals surface area (Å²) in [5, 5.41) is 0.365. The van der Waals surface area contributed by atoms with Crippen molar-refractivity contribution in [3.8, 4) is 0 Å². The fourth-order valence-corrected chi connectivity index (χ4v) is 6.33. The Morgan fingerprint density at radius 3 is 2.34 bits per heavy atom. The number of carbonyl (C=O) groups excluding carboxylic acids is 2. The number of nitrogens with zero attached hydrogens (tertiary/aromatic N) is 3. The number of oxazole rings is 1. The summed E-state index contributed by atoms with van der Waals surface area (Å²) in [6.45, 7) is 1.31. The molecule has 2 amide bonds. The van der Waals surface area contributed by atoms with Gasteiger partial charge in [-0.1, -0.05) is 30.3 Å². The highest BCUT2D eigenvalue weighted by molar-refractivity contribution is 7.99. The molecule has 0 radical (unpaired) electrons. The molecule has 0 atom stereocenters. The predicted molar refractivity (Wildman–Crippen MR) is 119 cm³/mol. The van der Waals surface area contributed by atoms with E-state index in [9.17, 15) is 18.0 Å². The minimum Gasteiger partial charge on any atom is -0.431 e. The summed E-state index contributed by atoms with van der Waals surface area (Å²) in [6.07, 6.45) is 2.80. The summed E-state index contributed by atoms with van der Waals surface area (Å²) >= 11 is 1.27. The van der Waals surface area contributed by atoms with Crippen molar-refractivity contribution in [2.45, 2.75) is 29.4 Å². The van der Waals surface area contributed by atoms with E-state index in [1.807, 2.05) is 0 Å². The molecule has 0 saturated carbocycles. The number of aromatic nitrogens is 1. The third-order valence-corrected chi connectivity index (χ3v) is 8.41. The van der Waals surface area contributed by atoms with Gasteiger partial charge in [-0.3, -0.25) is 14.5 Å². The van der Waals surface area contributed by atoms with Gasteiger partial charge in [-0.25, -0.2) is 13.4 Å². The van der Waals surface area contributed by atoms with Gasteiger partial charge in [-0.2, -0.15) is 4.31 Å². The largest absolute Gasteiger partial charge is 0.431 e. The van der Waals surface area contributed by atoms with Crippen LogP contribution in [-0.4, -0.2) is 59.8 Å². The molecule has 8 nitrogen and oxygen atoms in total. The molecule has 32 heavy (non-hydrogen) atoms. The Morgan fingerprint density at radius 1 is 0.969 bits per heavy atom. The standard InChI is InChI=1S/C22H21N3O5S2/c26-20-16-6-2-3-7-17(16)21(27)25(20)12-13-31-22-23-18-14-15(8-9-19(18)30-22)32(28,29)24-10-4-1-5-11-24/h2-3,6-9,14H,1,4-5,10-13H2. The van der Waals surface area contributed by atoms with Crippen LogP contribution >= 0.6 is 11.8 Å². The summed E-state index contributed by atoms with van der Waals surface area (Å²) in [5.74, 6) is -0.176. The molecule has 2 aliphatic heterocycles. The first-order valence-corrected chi connectivity index (χ1v) is 12.9. The fraction of sp³-hybridized carbons (Fsp3) is 0.318. The van der Waals surface area contributed by atoms with Gasteiger partial charge in [-0.05, 0) is 43.2 Å². The highest BCUT2D eigenvalue weighted by Gasteiger charge is 2.34. The number of carbonyl (C=O) groups is 2. The summed E-state index contributed by atoms with van der Waals surface area (Å²) in [6, 6.07) is 11.5. The molecule has 2 aromatic carbocycles. The van der Waals surface area contributed by atoms with Crippen molar-refractivity contribution in [3.05, 3.63) is 53.6 Å². The molecule has 10 heteroatoms. The average molecular weight is 472 g/mol. The van der Waals surface area contributed by atoms with E-state index in [0.717, 1.165) is 19.3 Å². The number of hydrogen-bond acceptors (Lipinski definition) is 7. The highest BCUT2D eigenvalue weighted by Crippen LogP contribution is 2.29. The number of sulfonamides is 1. The second kappa shape index (κ2) is 8.34. The van der Waals surface area contributed by atoms with Crippen LogP contribution in [0.5, 0.6) is 0 Å². The lowest BCUT2D eigenvalue weighted by Crippen LogP contribution is -2.35. The molecular formula is C22H21N3O5S2. The molecule has 166 valence electrons. The van der Waals surface area contributed by atoms with Gasteiger partial charge in [-0.15, -0.1) is 0 Å². The van der Waals surface area contributed by atoms with Crippen LogP contribution in [0.1, 0.15) is 40.0 Å². The lowest BCUT2D eigenvalue weighted by atomic mass is 10.1. The summed E-state index contributed by atoms with van der Waals surface area (Å²) in [4.78, 5) is 30.7. The van der Waals surface area contributed by atoms with Crippen molar-refractivity contribution in [3.63, 3.8) is 0 Å². The van der Waals surface area contributed by atoms with Gasteiger partial charge >= 0.3 is 0 Å². The maximum Gasteiger partial charge on any atom is 0.261 e. The van der Waals surface area contributed by atoms with Crippen LogP contribution in [0.25, 0.3) is 11.1 Å². The number of fused-ring (bicyclic) bond motifs is 2. The molecule has 3 heterocycles. The van der Waals surface area contributed by atoms with Crippen molar-refractivity contribution in [1.82, 2.24) is 14.2 Å². The maximum absolute atomic E-state index is 12.9. The van der Waals surface area contributed by atoms with Crippen LogP contribution in [0.3, 0.4) is 0 Å². The molecule has 2 aliphatic rings. The molecular weight excluding hydrogens is 450 g/mol. The second-order valence-electron chi connectivity index (χ2n) is 7.73. The van der Waals surface area contributed by atoms with Crippen LogP contribution in [0, 0.1) is 0 Å². The molecule has 0 unspecified atom stereocenters. The lowest BCUT2D eigenvalue weighted by Gasteiger charge is -2.25. The van der Waals surface area contributed by atoms with E-state index in [4.69, 9.17) is 4.42 Å². The Kier molecular flexibility index (Phi) is 5.52. The third kappa shape index (κ3) is 3.72. The number of thioether (sulfide) groups is 1. The number of hydrogen-bond donors (Lipinski definition) is 0. The quantitative estimate of drug-likeness (QED) is 0.401. The Labute approximate surface area is 189 Å². The van der Waals surface area contributed by atoms with Gasteiger partial charge in [0.25, 0.3) is 17.0 Å². The van der Waals surface area contributed by atoms with Crippen molar-refractivity contribution in [2.75, 3.05) is 25.4 Å². The fourth-order valence-electron chi connectivity index (χ4n) is 4.03. The zero-order valence-electron chi connectivity index (χ0n) is 17.2. The average Bonchev–Trinajstić information content (AvgIpc) is 3.33. The minimum absolute atomic E-state index is 0.211. The minimum atomic E-state index is -3.55. The molecule has 1 fully saturated rings. The Bertz CT molecular complexity index is 1280. The van der Waals surface area contributed by atoms with E-state index in [0.29, 0.717) is 46.3 Å². The molecule has 3 aromatic rings. The van der Waals surface area contributed by atoms with Gasteiger partial charge < -0.3 is 4.42 Å². The Balaban J connectivity index is 1.27. The third-order valence-electron chi connectivity index (χ3n) is 5.71. The van der Waals surface area contributed by atoms with Crippen LogP contribution in [0.15, 0.2) is 57.0 Å². The number of piperidine rings is 1. The lowest BCUT2D eigenvalue weighted by molar-refractivity contribution is 0.0664. The van der Waals surface area contributed by atoms with Gasteiger partial charge in [0.2, 0.25) is 10.0 Å². The SMILES string of the molecule is O=C1c2ccccc2C(=O)N1CCSc1nc2cc(S(=O)(=O)N3CCCCC3)ccc2o1. The molecule has 1 aromatic heterocycles. The van der Waals surface area contributed by atoms with Crippen molar-refractivity contribution >= 4 is 44.7 Å². The van der Waals surface area contributed by atoms with Crippen molar-refractivity contribution in [1.29, 1.82) is 0 Å². The van der Waals surface area contributed by atoms with Gasteiger partial charge in [0.1, 0.15) is 5.52 Å². The van der Waals surface area contributed by atoms with E-state index in [1.165, 1.54) is 27.0 Å². The Hall–Kier alpha value is -2.69. The monoisotopic (exact) mass is 471 g/mol. The number of benzene rings is 2. The zero-order chi connectivity index (χ0) is 22.3. The van der Waals surface area contributed by atoms with Gasteiger partial charge in [0.15, 0.2) is 5.58 Å². The first kappa shape index (κ1) is 21.2. The molecule has 0 bridgehead atoms. The predicted octanol–water partition coefficient (Wildman–Crippen LogP) is 3.39. The summed E-state index contributed by atoms with van der Waals surface area (Å²) in [7, 11) is -3.55. The second-order valence-corrected chi connectivity index (χ2v) is 10.7. The van der Waals surface area contributed by atoms with E-state index in [1.54, 1.807) is 36.4 Å². The molecule has 1 saturated heterocycles. The van der Waals surface area contributed by atoms with Crippen molar-refractivity contribution < 1.29 is 22.4 Å². The molecule has 0 aliphatic carbocycles. The van der Waals surface area contributed by atoms with Gasteiger partial charge in [0, 0.05) is 25.4 Å². The molecule has 0 spiro atoms. The van der Waals surface area contributed by atoms with E-state index < -0.39 is 10.0 Å². The van der Waals surface area contributed by atoms with Crippen LogP contribution in [0.2, 0.25) is 0 Å². The first-order valence-electron chi connectivity index (χ1n) is 10.4. The normalized spacial score (nSPS) is 17.3. The first-order chi connectivity index (χ1) is 15.4. The number of amides is 2. The van der Waals surface area contributed by atoms with E-state index in [2.05, 4.69) is 4.98 Å². The van der Waals surface area contributed by atoms with Crippen LogP contribution in [0.4, 0.5) is 0 Å². The summed E-state index contributed by atoms with van der Waals surface area (Å²) in [5.41, 5.74) is 1.80. The van der Waals surface area contributed by atoms with Crippen LogP contribution < -0.4 is 0 Å². The molecule has 0 N–H and O–H groups in total. The van der Waals surface area contributed by atoms with E-state index in [-0.39, 0.29) is 23.3 Å². The van der Waals surface area contributed by atoms with Crippen LogP contribution in [-0.2, 0) is 10.0 Å². The van der Waals surface area contributed by atoms with Crippen molar-refractivity contribution in [2.24, 2.45) is 0 Å². The maximum atomic E-state index is 12.9. The smallest absolute Gasteiger partial charge is 0.261 e.